The first-order valence-corrected chi connectivity index (χ1v) is 7.20. The zero-order valence-corrected chi connectivity index (χ0v) is 11.7. The molecule has 0 saturated heterocycles. The van der Waals surface area contributed by atoms with Gasteiger partial charge in [0.25, 0.3) is 3.57 Å². The summed E-state index contributed by atoms with van der Waals surface area (Å²) in [4.78, 5) is 0. The van der Waals surface area contributed by atoms with Gasteiger partial charge < -0.3 is 0 Å². The molecule has 0 aromatic heterocycles. The summed E-state index contributed by atoms with van der Waals surface area (Å²) >= 11 is -2.15. The largest absolute Gasteiger partial charge is 0.364 e. The van der Waals surface area contributed by atoms with E-state index in [-0.39, 0.29) is 3.57 Å². The third-order valence-corrected chi connectivity index (χ3v) is 5.04. The summed E-state index contributed by atoms with van der Waals surface area (Å²) in [5.41, 5.74) is 0. The fourth-order valence-electron chi connectivity index (χ4n) is 1.35. The lowest BCUT2D eigenvalue weighted by molar-refractivity contribution is -0.604. The van der Waals surface area contributed by atoms with Gasteiger partial charge in [-0.25, -0.2) is 26.3 Å². The monoisotopic (exact) mass is 425 g/mol. The zero-order chi connectivity index (χ0) is 15.9. The topological polar surface area (TPSA) is 0 Å². The molecule has 21 heavy (non-hydrogen) atoms. The van der Waals surface area contributed by atoms with Gasteiger partial charge in [0.05, 0.1) is 0 Å². The van der Waals surface area contributed by atoms with Crippen LogP contribution < -0.4 is 21.2 Å². The minimum Gasteiger partial charge on any atom is -0.203 e. The lowest BCUT2D eigenvalue weighted by Crippen LogP contribution is -3.62. The van der Waals surface area contributed by atoms with Crippen molar-refractivity contribution in [3.63, 3.8) is 0 Å². The van der Waals surface area contributed by atoms with Gasteiger partial charge in [0, 0.05) is 12.1 Å². The van der Waals surface area contributed by atoms with Crippen molar-refractivity contribution in [2.45, 2.75) is 0 Å². The molecule has 2 rings (SSSR count). The fraction of sp³-hybridized carbons (Fsp3) is 0. The van der Waals surface area contributed by atoms with E-state index in [9.17, 15) is 35.1 Å². The average Bonchev–Trinajstić information content (AvgIpc) is 2.45. The highest BCUT2D eigenvalue weighted by Gasteiger charge is 2.36. The van der Waals surface area contributed by atoms with Gasteiger partial charge in [-0.2, -0.15) is 8.78 Å². The Labute approximate surface area is 122 Å². The zero-order valence-electron chi connectivity index (χ0n) is 9.56. The lowest BCUT2D eigenvalue weighted by Gasteiger charge is -1.99. The fourth-order valence-corrected chi connectivity index (χ4v) is 3.78. The maximum absolute atomic E-state index is 13.4. The quantitative estimate of drug-likeness (QED) is 0.291. The highest BCUT2D eigenvalue weighted by molar-refractivity contribution is 5.13. The van der Waals surface area contributed by atoms with E-state index in [1.807, 2.05) is 0 Å². The van der Waals surface area contributed by atoms with Crippen molar-refractivity contribution in [1.29, 1.82) is 0 Å². The second kappa shape index (κ2) is 5.78. The molecule has 0 aliphatic rings. The van der Waals surface area contributed by atoms with Gasteiger partial charge in [-0.3, -0.25) is 0 Å². The van der Waals surface area contributed by atoms with Crippen LogP contribution in [0.15, 0.2) is 12.1 Å². The Morgan fingerprint density at radius 2 is 0.905 bits per heavy atom. The van der Waals surface area contributed by atoms with Crippen molar-refractivity contribution in [3.05, 3.63) is 65.8 Å². The van der Waals surface area contributed by atoms with Crippen LogP contribution >= 0.6 is 0 Å². The molecule has 0 atom stereocenters. The smallest absolute Gasteiger partial charge is 0.203 e. The molecule has 0 amide bonds. The molecule has 2 aromatic carbocycles. The van der Waals surface area contributed by atoms with Crippen LogP contribution in [0.5, 0.6) is 0 Å². The summed E-state index contributed by atoms with van der Waals surface area (Å²) in [5, 5.41) is 0. The van der Waals surface area contributed by atoms with Crippen LogP contribution in [-0.2, 0) is 0 Å². The van der Waals surface area contributed by atoms with E-state index < -0.39 is 71.3 Å². The molecule has 0 nitrogen and oxygen atoms in total. The second-order valence-corrected chi connectivity index (χ2v) is 6.53. The van der Waals surface area contributed by atoms with E-state index in [4.69, 9.17) is 0 Å². The van der Waals surface area contributed by atoms with Crippen LogP contribution in [0.1, 0.15) is 0 Å². The third kappa shape index (κ3) is 2.83. The van der Waals surface area contributed by atoms with E-state index in [0.29, 0.717) is 12.1 Å². The average molecular weight is 425 g/mol. The predicted octanol–water partition coefficient (Wildman–Crippen LogP) is 0.928. The molecule has 0 aliphatic heterocycles. The molecule has 0 spiro atoms. The van der Waals surface area contributed by atoms with E-state index in [1.54, 1.807) is 0 Å². The molecule has 0 N–H and O–H groups in total. The molecular weight excluding hydrogens is 423 g/mol. The summed E-state index contributed by atoms with van der Waals surface area (Å²) in [6.07, 6.45) is 0. The highest BCUT2D eigenvalue weighted by atomic mass is 127. The first-order valence-electron chi connectivity index (χ1n) is 5.04. The van der Waals surface area contributed by atoms with E-state index in [0.717, 1.165) is 0 Å². The summed E-state index contributed by atoms with van der Waals surface area (Å²) < 4.78 is 103. The van der Waals surface area contributed by atoms with Crippen molar-refractivity contribution in [3.8, 4) is 0 Å². The molecule has 0 aliphatic carbocycles. The Hall–Kier alpha value is -1.39. The minimum absolute atomic E-state index is 0.381. The highest BCUT2D eigenvalue weighted by Crippen LogP contribution is 2.17. The molecule has 0 radical (unpaired) electrons. The maximum atomic E-state index is 13.4. The first kappa shape index (κ1) is 16.0. The van der Waals surface area contributed by atoms with E-state index in [1.165, 1.54) is 0 Å². The molecule has 0 bridgehead atoms. The molecule has 0 saturated carbocycles. The van der Waals surface area contributed by atoms with Crippen LogP contribution in [0.2, 0.25) is 0 Å². The van der Waals surface area contributed by atoms with E-state index in [2.05, 4.69) is 0 Å². The first-order chi connectivity index (χ1) is 9.73. The lowest BCUT2D eigenvalue weighted by atomic mass is 10.3. The molecule has 0 heterocycles. The van der Waals surface area contributed by atoms with Gasteiger partial charge in [0.1, 0.15) is 0 Å². The number of benzene rings is 2. The molecule has 0 fully saturated rings. The minimum atomic E-state index is -2.32. The Kier molecular flexibility index (Phi) is 4.40. The van der Waals surface area contributed by atoms with Crippen molar-refractivity contribution in [2.24, 2.45) is 0 Å². The van der Waals surface area contributed by atoms with Crippen molar-refractivity contribution in [1.82, 2.24) is 0 Å². The number of rotatable bonds is 2. The number of halogens is 9. The van der Waals surface area contributed by atoms with Crippen molar-refractivity contribution < 1.29 is 56.3 Å². The SMILES string of the molecule is Fc1cc([I+]c2c(F)c(F)c(F)c(F)c2F)cc(F)c1F. The van der Waals surface area contributed by atoms with Crippen LogP contribution in [-0.4, -0.2) is 0 Å². The summed E-state index contributed by atoms with van der Waals surface area (Å²) in [5.74, 6) is -15.8. The van der Waals surface area contributed by atoms with Gasteiger partial charge in [-0.05, 0) is 0 Å². The van der Waals surface area contributed by atoms with Gasteiger partial charge in [-0.1, -0.05) is 0 Å². The molecule has 0 unspecified atom stereocenters. The number of hydrogen-bond donors (Lipinski definition) is 0. The van der Waals surface area contributed by atoms with Gasteiger partial charge >= 0.3 is 21.2 Å². The van der Waals surface area contributed by atoms with Crippen LogP contribution in [0.3, 0.4) is 0 Å². The summed E-state index contributed by atoms with van der Waals surface area (Å²) in [6, 6.07) is 0.896. The third-order valence-electron chi connectivity index (χ3n) is 2.31. The second-order valence-electron chi connectivity index (χ2n) is 3.66. The Balaban J connectivity index is 2.55. The van der Waals surface area contributed by atoms with Crippen LogP contribution in [0.4, 0.5) is 35.1 Å². The number of hydrogen-bond acceptors (Lipinski definition) is 0. The Morgan fingerprint density at radius 3 is 1.33 bits per heavy atom. The Morgan fingerprint density at radius 1 is 0.524 bits per heavy atom. The Bertz CT molecular complexity index is 676. The van der Waals surface area contributed by atoms with Crippen molar-refractivity contribution >= 4 is 0 Å². The van der Waals surface area contributed by atoms with Crippen LogP contribution in [0.25, 0.3) is 0 Å². The molecule has 2 aromatic rings. The van der Waals surface area contributed by atoms with Gasteiger partial charge in [-0.15, -0.1) is 0 Å². The van der Waals surface area contributed by atoms with Crippen molar-refractivity contribution in [2.75, 3.05) is 0 Å². The molecular formula is C12H2F8I+. The molecule has 112 valence electrons. The van der Waals surface area contributed by atoms with Crippen LogP contribution in [0, 0.1) is 53.7 Å². The van der Waals surface area contributed by atoms with Gasteiger partial charge in [0.2, 0.25) is 32.7 Å². The standard InChI is InChI=1S/C12H2F8I/c13-4-1-3(2-5(14)6(4)15)21-12-10(19)8(17)7(16)9(18)11(12)20/h1-2H/q+1. The normalized spacial score (nSPS) is 11.0. The van der Waals surface area contributed by atoms with E-state index >= 15 is 0 Å². The molecule has 9 heteroatoms. The van der Waals surface area contributed by atoms with Gasteiger partial charge in [0.15, 0.2) is 17.5 Å². The summed E-state index contributed by atoms with van der Waals surface area (Å²) in [6.45, 7) is 0. The maximum Gasteiger partial charge on any atom is 0.364 e. The summed E-state index contributed by atoms with van der Waals surface area (Å²) in [7, 11) is 0. The predicted molar refractivity (Wildman–Crippen MR) is 49.9 cm³/mol.